The van der Waals surface area contributed by atoms with Crippen LogP contribution in [0.25, 0.3) is 0 Å². The molecule has 1 amide bonds. The molecule has 2 rings (SSSR count). The molecule has 0 saturated carbocycles. The van der Waals surface area contributed by atoms with Gasteiger partial charge in [-0.2, -0.15) is 0 Å². The highest BCUT2D eigenvalue weighted by Crippen LogP contribution is 2.26. The number of rotatable bonds is 4. The van der Waals surface area contributed by atoms with E-state index in [-0.39, 0.29) is 11.3 Å². The quantitative estimate of drug-likeness (QED) is 0.791. The molecule has 0 aliphatic rings. The lowest BCUT2D eigenvalue weighted by molar-refractivity contribution is 0.0945. The van der Waals surface area contributed by atoms with Gasteiger partial charge in [0.15, 0.2) is 0 Å². The molecule has 2 aromatic rings. The zero-order chi connectivity index (χ0) is 13.9. The minimum absolute atomic E-state index is 0.00497. The lowest BCUT2D eigenvalue weighted by Crippen LogP contribution is -2.36. The summed E-state index contributed by atoms with van der Waals surface area (Å²) in [5.74, 6) is -0.00497. The van der Waals surface area contributed by atoms with Crippen LogP contribution in [0.1, 0.15) is 29.1 Å². The number of benzene rings is 1. The van der Waals surface area contributed by atoms with E-state index in [0.717, 1.165) is 9.13 Å². The van der Waals surface area contributed by atoms with Gasteiger partial charge in [-0.25, -0.2) is 0 Å². The van der Waals surface area contributed by atoms with Gasteiger partial charge in [-0.1, -0.05) is 32.0 Å². The van der Waals surface area contributed by atoms with E-state index in [4.69, 9.17) is 0 Å². The standard InChI is InChI=1S/C15H16INOS/c1-15(2,13-8-5-9-19-13)10-17-14(18)11-6-3-4-7-12(11)16/h3-9H,10H2,1-2H3,(H,17,18). The Balaban J connectivity index is 2.03. The van der Waals surface area contributed by atoms with Gasteiger partial charge in [0.25, 0.3) is 5.91 Å². The second-order valence-corrected chi connectivity index (χ2v) is 7.13. The molecule has 0 atom stereocenters. The summed E-state index contributed by atoms with van der Waals surface area (Å²) < 4.78 is 0.978. The fourth-order valence-corrected chi connectivity index (χ4v) is 3.28. The Morgan fingerprint density at radius 2 is 2.00 bits per heavy atom. The average Bonchev–Trinajstić information content (AvgIpc) is 2.91. The Morgan fingerprint density at radius 3 is 2.63 bits per heavy atom. The lowest BCUT2D eigenvalue weighted by Gasteiger charge is -2.23. The SMILES string of the molecule is CC(C)(CNC(=O)c1ccccc1I)c1cccs1. The van der Waals surface area contributed by atoms with Crippen molar-refractivity contribution < 1.29 is 4.79 Å². The van der Waals surface area contributed by atoms with Crippen molar-refractivity contribution in [3.8, 4) is 0 Å². The molecule has 0 saturated heterocycles. The maximum atomic E-state index is 12.2. The van der Waals surface area contributed by atoms with Crippen molar-refractivity contribution in [3.63, 3.8) is 0 Å². The molecule has 0 fully saturated rings. The molecule has 19 heavy (non-hydrogen) atoms. The van der Waals surface area contributed by atoms with Crippen LogP contribution in [0.15, 0.2) is 41.8 Å². The number of carbonyl (C=O) groups excluding carboxylic acids is 1. The van der Waals surface area contributed by atoms with Crippen LogP contribution in [0.4, 0.5) is 0 Å². The molecule has 0 bridgehead atoms. The molecule has 0 unspecified atom stereocenters. The maximum Gasteiger partial charge on any atom is 0.252 e. The molecule has 0 radical (unpaired) electrons. The second-order valence-electron chi connectivity index (χ2n) is 5.02. The highest BCUT2D eigenvalue weighted by molar-refractivity contribution is 14.1. The first kappa shape index (κ1) is 14.5. The Kier molecular flexibility index (Phi) is 4.62. The normalized spacial score (nSPS) is 11.3. The van der Waals surface area contributed by atoms with E-state index in [0.29, 0.717) is 6.54 Å². The zero-order valence-electron chi connectivity index (χ0n) is 10.9. The summed E-state index contributed by atoms with van der Waals surface area (Å²) in [5, 5.41) is 5.10. The highest BCUT2D eigenvalue weighted by Gasteiger charge is 2.23. The molecule has 0 aliphatic heterocycles. The number of halogens is 1. The summed E-state index contributed by atoms with van der Waals surface area (Å²) >= 11 is 3.92. The predicted octanol–water partition coefficient (Wildman–Crippen LogP) is 4.06. The van der Waals surface area contributed by atoms with Crippen molar-refractivity contribution in [2.75, 3.05) is 6.54 Å². The molecule has 2 nitrogen and oxygen atoms in total. The van der Waals surface area contributed by atoms with E-state index in [1.54, 1.807) is 11.3 Å². The Labute approximate surface area is 131 Å². The smallest absolute Gasteiger partial charge is 0.252 e. The van der Waals surface area contributed by atoms with E-state index in [2.05, 4.69) is 53.2 Å². The fraction of sp³-hybridized carbons (Fsp3) is 0.267. The fourth-order valence-electron chi connectivity index (χ4n) is 1.79. The first-order valence-corrected chi connectivity index (χ1v) is 8.03. The first-order valence-electron chi connectivity index (χ1n) is 6.07. The van der Waals surface area contributed by atoms with Crippen molar-refractivity contribution in [1.29, 1.82) is 0 Å². The summed E-state index contributed by atoms with van der Waals surface area (Å²) in [6, 6.07) is 11.8. The van der Waals surface area contributed by atoms with Crippen LogP contribution in [0.5, 0.6) is 0 Å². The molecule has 100 valence electrons. The summed E-state index contributed by atoms with van der Waals surface area (Å²) in [6.45, 7) is 4.93. The van der Waals surface area contributed by atoms with Gasteiger partial charge in [0.05, 0.1) is 5.56 Å². The predicted molar refractivity (Wildman–Crippen MR) is 88.8 cm³/mol. The second kappa shape index (κ2) is 6.05. The van der Waals surface area contributed by atoms with Gasteiger partial charge in [0.1, 0.15) is 0 Å². The van der Waals surface area contributed by atoms with Crippen molar-refractivity contribution >= 4 is 39.8 Å². The van der Waals surface area contributed by atoms with Crippen LogP contribution in [0, 0.1) is 3.57 Å². The van der Waals surface area contributed by atoms with Crippen molar-refractivity contribution in [2.24, 2.45) is 0 Å². The van der Waals surface area contributed by atoms with Crippen LogP contribution in [-0.4, -0.2) is 12.5 Å². The highest BCUT2D eigenvalue weighted by atomic mass is 127. The Morgan fingerprint density at radius 1 is 1.26 bits per heavy atom. The van der Waals surface area contributed by atoms with E-state index < -0.39 is 0 Å². The molecular weight excluding hydrogens is 369 g/mol. The van der Waals surface area contributed by atoms with Crippen LogP contribution < -0.4 is 5.32 Å². The third-order valence-electron chi connectivity index (χ3n) is 3.00. The Bertz CT molecular complexity index is 563. The molecule has 0 aliphatic carbocycles. The molecule has 1 aromatic carbocycles. The van der Waals surface area contributed by atoms with Gasteiger partial charge in [0, 0.05) is 20.4 Å². The molecule has 0 spiro atoms. The van der Waals surface area contributed by atoms with Crippen molar-refractivity contribution in [3.05, 3.63) is 55.8 Å². The topological polar surface area (TPSA) is 29.1 Å². The molecule has 1 N–H and O–H groups in total. The zero-order valence-corrected chi connectivity index (χ0v) is 13.9. The van der Waals surface area contributed by atoms with Gasteiger partial charge in [-0.15, -0.1) is 11.3 Å². The summed E-state index contributed by atoms with van der Waals surface area (Å²) in [7, 11) is 0. The van der Waals surface area contributed by atoms with E-state index in [1.165, 1.54) is 4.88 Å². The van der Waals surface area contributed by atoms with E-state index in [1.807, 2.05) is 30.3 Å². The molecule has 1 aromatic heterocycles. The van der Waals surface area contributed by atoms with Crippen LogP contribution in [0.2, 0.25) is 0 Å². The number of thiophene rings is 1. The number of amides is 1. The number of hydrogen-bond donors (Lipinski definition) is 1. The maximum absolute atomic E-state index is 12.2. The van der Waals surface area contributed by atoms with Crippen LogP contribution in [0.3, 0.4) is 0 Å². The van der Waals surface area contributed by atoms with Crippen LogP contribution >= 0.6 is 33.9 Å². The number of carbonyl (C=O) groups is 1. The van der Waals surface area contributed by atoms with Gasteiger partial charge >= 0.3 is 0 Å². The monoisotopic (exact) mass is 385 g/mol. The minimum Gasteiger partial charge on any atom is -0.351 e. The summed E-state index contributed by atoms with van der Waals surface area (Å²) in [5.41, 5.74) is 0.703. The summed E-state index contributed by atoms with van der Waals surface area (Å²) in [4.78, 5) is 13.5. The first-order chi connectivity index (χ1) is 9.00. The van der Waals surface area contributed by atoms with Gasteiger partial charge in [-0.05, 0) is 46.2 Å². The lowest BCUT2D eigenvalue weighted by atomic mass is 9.91. The average molecular weight is 385 g/mol. The minimum atomic E-state index is -0.0377. The number of hydrogen-bond acceptors (Lipinski definition) is 2. The largest absolute Gasteiger partial charge is 0.351 e. The van der Waals surface area contributed by atoms with Crippen molar-refractivity contribution in [1.82, 2.24) is 5.32 Å². The van der Waals surface area contributed by atoms with E-state index in [9.17, 15) is 4.79 Å². The van der Waals surface area contributed by atoms with Gasteiger partial charge in [0.2, 0.25) is 0 Å². The molecule has 4 heteroatoms. The Hall–Kier alpha value is -0.880. The van der Waals surface area contributed by atoms with E-state index >= 15 is 0 Å². The van der Waals surface area contributed by atoms with Crippen LogP contribution in [-0.2, 0) is 5.41 Å². The van der Waals surface area contributed by atoms with Crippen molar-refractivity contribution in [2.45, 2.75) is 19.3 Å². The molecule has 1 heterocycles. The van der Waals surface area contributed by atoms with Gasteiger partial charge < -0.3 is 5.32 Å². The third kappa shape index (κ3) is 3.57. The summed E-state index contributed by atoms with van der Waals surface area (Å²) in [6.07, 6.45) is 0. The third-order valence-corrected chi connectivity index (χ3v) is 5.17. The van der Waals surface area contributed by atoms with Gasteiger partial charge in [-0.3, -0.25) is 4.79 Å². The number of nitrogens with one attached hydrogen (secondary N) is 1. The molecular formula is C15H16INOS.